The molecule has 0 aliphatic carbocycles. The van der Waals surface area contributed by atoms with Crippen LogP contribution in [0, 0.1) is 25.2 Å². The van der Waals surface area contributed by atoms with Gasteiger partial charge in [0.05, 0.1) is 11.3 Å². The van der Waals surface area contributed by atoms with E-state index in [2.05, 4.69) is 11.1 Å². The second-order valence-electron chi connectivity index (χ2n) is 3.35. The van der Waals surface area contributed by atoms with Gasteiger partial charge in [-0.15, -0.1) is 22.7 Å². The average molecular weight is 246 g/mol. The molecule has 0 aliphatic heterocycles. The van der Waals surface area contributed by atoms with Crippen LogP contribution < -0.4 is 0 Å². The van der Waals surface area contributed by atoms with Gasteiger partial charge in [-0.25, -0.2) is 4.98 Å². The van der Waals surface area contributed by atoms with Crippen LogP contribution in [0.2, 0.25) is 0 Å². The summed E-state index contributed by atoms with van der Waals surface area (Å²) in [4.78, 5) is 6.65. The summed E-state index contributed by atoms with van der Waals surface area (Å²) < 4.78 is 0. The molecule has 0 aliphatic rings. The van der Waals surface area contributed by atoms with Gasteiger partial charge in [0, 0.05) is 9.75 Å². The Balaban J connectivity index is 2.41. The summed E-state index contributed by atoms with van der Waals surface area (Å²) in [6.07, 6.45) is 1.89. The van der Waals surface area contributed by atoms with Crippen molar-refractivity contribution in [3.8, 4) is 6.07 Å². The summed E-state index contributed by atoms with van der Waals surface area (Å²) in [5.41, 5.74) is 1.65. The van der Waals surface area contributed by atoms with Crippen LogP contribution >= 0.6 is 22.7 Å². The number of hydrogen-bond acceptors (Lipinski definition) is 4. The van der Waals surface area contributed by atoms with Crippen molar-refractivity contribution < 1.29 is 0 Å². The summed E-state index contributed by atoms with van der Waals surface area (Å²) in [6, 6.07) is 6.18. The number of nitriles is 1. The lowest BCUT2D eigenvalue weighted by atomic mass is 10.2. The summed E-state index contributed by atoms with van der Waals surface area (Å²) >= 11 is 3.19. The Hall–Kier alpha value is -1.44. The second-order valence-corrected chi connectivity index (χ2v) is 5.53. The third-order valence-corrected chi connectivity index (χ3v) is 4.13. The van der Waals surface area contributed by atoms with E-state index in [-0.39, 0.29) is 0 Å². The van der Waals surface area contributed by atoms with Gasteiger partial charge in [0.15, 0.2) is 0 Å². The lowest BCUT2D eigenvalue weighted by molar-refractivity contribution is 1.21. The first-order valence-corrected chi connectivity index (χ1v) is 6.50. The van der Waals surface area contributed by atoms with Crippen LogP contribution in [-0.4, -0.2) is 4.98 Å². The van der Waals surface area contributed by atoms with E-state index in [9.17, 15) is 0 Å². The Morgan fingerprint density at radius 1 is 1.50 bits per heavy atom. The van der Waals surface area contributed by atoms with E-state index >= 15 is 0 Å². The van der Waals surface area contributed by atoms with Crippen molar-refractivity contribution in [3.05, 3.63) is 38.0 Å². The van der Waals surface area contributed by atoms with Gasteiger partial charge >= 0.3 is 0 Å². The van der Waals surface area contributed by atoms with Gasteiger partial charge in [-0.3, -0.25) is 0 Å². The highest BCUT2D eigenvalue weighted by molar-refractivity contribution is 7.13. The monoisotopic (exact) mass is 246 g/mol. The van der Waals surface area contributed by atoms with Crippen molar-refractivity contribution in [2.45, 2.75) is 13.8 Å². The molecule has 0 fully saturated rings. The molecule has 0 radical (unpaired) electrons. The highest BCUT2D eigenvalue weighted by Gasteiger charge is 2.08. The number of allylic oxidation sites excluding steroid dienone is 1. The van der Waals surface area contributed by atoms with Crippen molar-refractivity contribution in [1.82, 2.24) is 4.98 Å². The van der Waals surface area contributed by atoms with Crippen LogP contribution in [0.15, 0.2) is 17.5 Å². The van der Waals surface area contributed by atoms with Crippen LogP contribution in [0.5, 0.6) is 0 Å². The Bertz CT molecular complexity index is 537. The van der Waals surface area contributed by atoms with Crippen LogP contribution in [0.25, 0.3) is 11.6 Å². The zero-order valence-electron chi connectivity index (χ0n) is 9.02. The maximum absolute atomic E-state index is 9.13. The lowest BCUT2D eigenvalue weighted by Crippen LogP contribution is -1.80. The van der Waals surface area contributed by atoms with Crippen molar-refractivity contribution in [2.75, 3.05) is 0 Å². The van der Waals surface area contributed by atoms with Crippen molar-refractivity contribution in [1.29, 1.82) is 5.26 Å². The first-order chi connectivity index (χ1) is 7.70. The summed E-state index contributed by atoms with van der Waals surface area (Å²) in [5, 5.41) is 11.9. The molecule has 2 nitrogen and oxygen atoms in total. The Labute approximate surface area is 103 Å². The van der Waals surface area contributed by atoms with Crippen LogP contribution in [0.3, 0.4) is 0 Å². The van der Waals surface area contributed by atoms with Gasteiger partial charge in [0.25, 0.3) is 0 Å². The molecular formula is C12H10N2S2. The number of rotatable bonds is 2. The van der Waals surface area contributed by atoms with Crippen LogP contribution in [-0.2, 0) is 0 Å². The molecule has 0 saturated heterocycles. The SMILES string of the molecule is Cc1nc(/C(C#N)=C/c2cccs2)sc1C. The third-order valence-electron chi connectivity index (χ3n) is 2.21. The highest BCUT2D eigenvalue weighted by Crippen LogP contribution is 2.26. The van der Waals surface area contributed by atoms with E-state index in [4.69, 9.17) is 5.26 Å². The second kappa shape index (κ2) is 4.60. The fourth-order valence-corrected chi connectivity index (χ4v) is 2.78. The van der Waals surface area contributed by atoms with Crippen LogP contribution in [0.4, 0.5) is 0 Å². The zero-order valence-corrected chi connectivity index (χ0v) is 10.7. The fourth-order valence-electron chi connectivity index (χ4n) is 1.25. The largest absolute Gasteiger partial charge is 0.240 e. The predicted octanol–water partition coefficient (Wildman–Crippen LogP) is 3.89. The molecular weight excluding hydrogens is 236 g/mol. The number of hydrogen-bond donors (Lipinski definition) is 0. The third kappa shape index (κ3) is 2.21. The number of thiophene rings is 1. The van der Waals surface area contributed by atoms with E-state index in [1.807, 2.05) is 37.4 Å². The molecule has 0 spiro atoms. The number of aromatic nitrogens is 1. The molecule has 16 heavy (non-hydrogen) atoms. The normalized spacial score (nSPS) is 11.4. The van der Waals surface area contributed by atoms with Crippen LogP contribution in [0.1, 0.15) is 20.5 Å². The average Bonchev–Trinajstić information content (AvgIpc) is 2.86. The zero-order chi connectivity index (χ0) is 11.5. The van der Waals surface area contributed by atoms with Crippen molar-refractivity contribution in [2.24, 2.45) is 0 Å². The van der Waals surface area contributed by atoms with Gasteiger partial charge in [-0.05, 0) is 31.4 Å². The van der Waals surface area contributed by atoms with E-state index < -0.39 is 0 Å². The quantitative estimate of drug-likeness (QED) is 0.754. The minimum Gasteiger partial charge on any atom is -0.240 e. The molecule has 0 unspecified atom stereocenters. The molecule has 0 N–H and O–H groups in total. The molecule has 4 heteroatoms. The van der Waals surface area contributed by atoms with E-state index in [1.165, 1.54) is 4.88 Å². The van der Waals surface area contributed by atoms with Crippen molar-refractivity contribution in [3.63, 3.8) is 0 Å². The number of aryl methyl sites for hydroxylation is 2. The molecule has 0 atom stereocenters. The highest BCUT2D eigenvalue weighted by atomic mass is 32.1. The summed E-state index contributed by atoms with van der Waals surface area (Å²) in [7, 11) is 0. The minimum atomic E-state index is 0.642. The number of thiazole rings is 1. The van der Waals surface area contributed by atoms with Gasteiger partial charge in [-0.2, -0.15) is 5.26 Å². The molecule has 2 aromatic rings. The number of nitrogens with zero attached hydrogens (tertiary/aromatic N) is 2. The molecule has 0 saturated carbocycles. The standard InChI is InChI=1S/C12H10N2S2/c1-8-9(2)16-12(14-8)10(7-13)6-11-4-3-5-15-11/h3-6H,1-2H3/b10-6+. The molecule has 2 rings (SSSR count). The smallest absolute Gasteiger partial charge is 0.134 e. The fraction of sp³-hybridized carbons (Fsp3) is 0.167. The first-order valence-electron chi connectivity index (χ1n) is 4.80. The topological polar surface area (TPSA) is 36.7 Å². The van der Waals surface area contributed by atoms with E-state index in [0.29, 0.717) is 5.57 Å². The first kappa shape index (κ1) is 11.1. The van der Waals surface area contributed by atoms with Crippen molar-refractivity contribution >= 4 is 34.3 Å². The maximum Gasteiger partial charge on any atom is 0.134 e. The Morgan fingerprint density at radius 3 is 2.81 bits per heavy atom. The predicted molar refractivity (Wildman–Crippen MR) is 69.4 cm³/mol. The van der Waals surface area contributed by atoms with Gasteiger partial charge in [0.1, 0.15) is 11.1 Å². The molecule has 0 aromatic carbocycles. The molecule has 0 bridgehead atoms. The summed E-state index contributed by atoms with van der Waals surface area (Å²) in [6.45, 7) is 3.99. The molecule has 80 valence electrons. The van der Waals surface area contributed by atoms with Gasteiger partial charge < -0.3 is 0 Å². The lowest BCUT2D eigenvalue weighted by Gasteiger charge is -1.90. The summed E-state index contributed by atoms with van der Waals surface area (Å²) in [5.74, 6) is 0. The van der Waals surface area contributed by atoms with E-state index in [0.717, 1.165) is 15.6 Å². The minimum absolute atomic E-state index is 0.642. The Kier molecular flexibility index (Phi) is 3.18. The van der Waals surface area contributed by atoms with Gasteiger partial charge in [0.2, 0.25) is 0 Å². The Morgan fingerprint density at radius 2 is 2.31 bits per heavy atom. The molecule has 2 heterocycles. The molecule has 2 aromatic heterocycles. The maximum atomic E-state index is 9.13. The van der Waals surface area contributed by atoms with Gasteiger partial charge in [-0.1, -0.05) is 6.07 Å². The van der Waals surface area contributed by atoms with E-state index in [1.54, 1.807) is 22.7 Å². The molecule has 0 amide bonds.